The summed E-state index contributed by atoms with van der Waals surface area (Å²) in [7, 11) is 0. The molecule has 160 valence electrons. The second-order valence-electron chi connectivity index (χ2n) is 10.4. The summed E-state index contributed by atoms with van der Waals surface area (Å²) in [6, 6.07) is 4.03. The average molecular weight is 428 g/mol. The Balaban J connectivity index is 1.13. The number of carbonyl (C=O) groups is 2. The fraction of sp³-hybridized carbons (Fsp3) is 0.696. The molecular formula is C23H29N3O3S. The lowest BCUT2D eigenvalue weighted by molar-refractivity contribution is -0.139. The molecule has 2 heterocycles. The van der Waals surface area contributed by atoms with Crippen LogP contribution >= 0.6 is 12.2 Å². The van der Waals surface area contributed by atoms with E-state index >= 15 is 0 Å². The van der Waals surface area contributed by atoms with Crippen molar-refractivity contribution in [3.05, 3.63) is 22.3 Å². The van der Waals surface area contributed by atoms with Crippen molar-refractivity contribution in [2.24, 2.45) is 41.4 Å². The second-order valence-corrected chi connectivity index (χ2v) is 10.8. The molecule has 0 spiro atoms. The molecule has 3 N–H and O–H groups in total. The molecule has 0 radical (unpaired) electrons. The number of fused-ring (bicyclic) bond motifs is 3. The number of rotatable bonds is 4. The van der Waals surface area contributed by atoms with E-state index in [4.69, 9.17) is 12.2 Å². The smallest absolute Gasteiger partial charge is 0.307 e. The van der Waals surface area contributed by atoms with E-state index in [1.54, 1.807) is 0 Å². The minimum absolute atomic E-state index is 0.0549. The van der Waals surface area contributed by atoms with Crippen LogP contribution in [0.4, 0.5) is 5.82 Å². The number of aliphatic carboxylic acids is 1. The maximum atomic E-state index is 13.0. The van der Waals surface area contributed by atoms with Gasteiger partial charge < -0.3 is 20.3 Å². The minimum atomic E-state index is -0.676. The van der Waals surface area contributed by atoms with E-state index in [1.807, 2.05) is 12.1 Å². The van der Waals surface area contributed by atoms with Gasteiger partial charge in [-0.05, 0) is 86.2 Å². The summed E-state index contributed by atoms with van der Waals surface area (Å²) in [5.74, 6) is 3.75. The summed E-state index contributed by atoms with van der Waals surface area (Å²) >= 11 is 5.53. The van der Waals surface area contributed by atoms with Gasteiger partial charge in [-0.25, -0.2) is 0 Å². The minimum Gasteiger partial charge on any atom is -0.481 e. The van der Waals surface area contributed by atoms with Crippen LogP contribution in [0.2, 0.25) is 0 Å². The van der Waals surface area contributed by atoms with Crippen molar-refractivity contribution in [3.63, 3.8) is 0 Å². The molecule has 1 saturated heterocycles. The Morgan fingerprint density at radius 3 is 2.50 bits per heavy atom. The maximum absolute atomic E-state index is 13.0. The highest BCUT2D eigenvalue weighted by molar-refractivity contribution is 7.71. The molecule has 3 bridgehead atoms. The van der Waals surface area contributed by atoms with Crippen molar-refractivity contribution >= 4 is 29.9 Å². The molecule has 30 heavy (non-hydrogen) atoms. The molecule has 1 amide bonds. The Bertz CT molecular complexity index is 949. The number of aromatic amines is 1. The summed E-state index contributed by atoms with van der Waals surface area (Å²) in [6.45, 7) is 1.48. The molecule has 1 aromatic rings. The topological polar surface area (TPSA) is 85.4 Å². The lowest BCUT2D eigenvalue weighted by atomic mass is 9.77. The van der Waals surface area contributed by atoms with Crippen molar-refractivity contribution < 1.29 is 14.7 Å². The van der Waals surface area contributed by atoms with E-state index in [0.717, 1.165) is 43.1 Å². The van der Waals surface area contributed by atoms with Gasteiger partial charge >= 0.3 is 5.97 Å². The Kier molecular flexibility index (Phi) is 4.28. The second kappa shape index (κ2) is 6.81. The number of nitrogens with zero attached hydrogens (tertiary/aromatic N) is 1. The number of hydrogen-bond donors (Lipinski definition) is 3. The van der Waals surface area contributed by atoms with Gasteiger partial charge in [-0.1, -0.05) is 12.2 Å². The van der Waals surface area contributed by atoms with Crippen molar-refractivity contribution in [2.45, 2.75) is 44.6 Å². The molecule has 6 unspecified atom stereocenters. The van der Waals surface area contributed by atoms with Crippen LogP contribution in [-0.4, -0.2) is 41.1 Å². The lowest BCUT2D eigenvalue weighted by Gasteiger charge is -2.33. The van der Waals surface area contributed by atoms with Gasteiger partial charge in [0, 0.05) is 19.1 Å². The van der Waals surface area contributed by atoms with E-state index in [2.05, 4.69) is 15.2 Å². The summed E-state index contributed by atoms with van der Waals surface area (Å²) in [6.07, 6.45) is 7.74. The molecule has 7 heteroatoms. The number of aromatic nitrogens is 1. The zero-order valence-electron chi connectivity index (χ0n) is 17.0. The molecule has 8 atom stereocenters. The number of carboxylic acid groups (broad SMARTS) is 1. The summed E-state index contributed by atoms with van der Waals surface area (Å²) < 4.78 is 0.471. The van der Waals surface area contributed by atoms with Gasteiger partial charge in [-0.2, -0.15) is 0 Å². The van der Waals surface area contributed by atoms with Gasteiger partial charge in [0.25, 0.3) is 5.91 Å². The quantitative estimate of drug-likeness (QED) is 0.641. The fourth-order valence-corrected chi connectivity index (χ4v) is 7.66. The van der Waals surface area contributed by atoms with Crippen LogP contribution in [0.3, 0.4) is 0 Å². The predicted octanol–water partition coefficient (Wildman–Crippen LogP) is 3.46. The maximum Gasteiger partial charge on any atom is 0.307 e. The van der Waals surface area contributed by atoms with Gasteiger partial charge in [-0.3, -0.25) is 9.59 Å². The molecule has 6 rings (SSSR count). The zero-order valence-corrected chi connectivity index (χ0v) is 17.9. The third kappa shape index (κ3) is 3.00. The molecule has 1 aromatic heterocycles. The van der Waals surface area contributed by atoms with Crippen LogP contribution in [-0.2, 0) is 4.79 Å². The van der Waals surface area contributed by atoms with Crippen molar-refractivity contribution in [1.82, 2.24) is 10.3 Å². The fourth-order valence-electron chi connectivity index (χ4n) is 7.40. The van der Waals surface area contributed by atoms with Gasteiger partial charge in [0.2, 0.25) is 0 Å². The van der Waals surface area contributed by atoms with Crippen molar-refractivity contribution in [2.75, 3.05) is 18.0 Å². The van der Waals surface area contributed by atoms with Crippen LogP contribution in [0.5, 0.6) is 0 Å². The largest absolute Gasteiger partial charge is 0.481 e. The molecule has 0 aromatic carbocycles. The molecule has 5 aliphatic rings. The van der Waals surface area contributed by atoms with Crippen LogP contribution in [0, 0.1) is 46.1 Å². The predicted molar refractivity (Wildman–Crippen MR) is 115 cm³/mol. The Labute approximate surface area is 181 Å². The van der Waals surface area contributed by atoms with Crippen LogP contribution < -0.4 is 10.2 Å². The molecule has 4 aliphatic carbocycles. The normalized spacial score (nSPS) is 40.7. The summed E-state index contributed by atoms with van der Waals surface area (Å²) in [5.41, 5.74) is 0.545. The standard InChI is InChI=1S/C23H29N3O3S/c27-21(24-18-3-1-12-5-11-6-13(12)8-14(18)7-11)15-2-4-19(25-22(15)30)26-9-16-17(10-26)20(16)23(28)29/h2,4,11-14,16-18,20H,1,3,5-10H2,(H,24,27)(H,25,30)(H,28,29)/t11?,12?,13?,14?,16-,17+,18?,20?. The Hall–Kier alpha value is -1.89. The highest BCUT2D eigenvalue weighted by Crippen LogP contribution is 2.54. The van der Waals surface area contributed by atoms with Gasteiger partial charge in [0.15, 0.2) is 0 Å². The third-order valence-electron chi connectivity index (χ3n) is 8.87. The SMILES string of the molecule is O=C(NC1CCC2CC3CC2CC1C3)c1ccc(N2C[C@@H]3C(C(=O)O)[C@@H]3C2)[nH]c1=S. The zero-order chi connectivity index (χ0) is 20.6. The highest BCUT2D eigenvalue weighted by Gasteiger charge is 2.60. The highest BCUT2D eigenvalue weighted by atomic mass is 32.1. The first-order chi connectivity index (χ1) is 14.5. The van der Waals surface area contributed by atoms with Crippen molar-refractivity contribution in [1.29, 1.82) is 0 Å². The monoisotopic (exact) mass is 427 g/mol. The summed E-state index contributed by atoms with van der Waals surface area (Å²) in [4.78, 5) is 29.6. The number of nitrogens with one attached hydrogen (secondary N) is 2. The first kappa shape index (κ1) is 18.8. The molecule has 6 nitrogen and oxygen atoms in total. The first-order valence-corrected chi connectivity index (χ1v) is 11.9. The Morgan fingerprint density at radius 1 is 1.03 bits per heavy atom. The van der Waals surface area contributed by atoms with E-state index in [-0.39, 0.29) is 29.7 Å². The number of H-pyrrole nitrogens is 1. The van der Waals surface area contributed by atoms with E-state index in [9.17, 15) is 14.7 Å². The van der Waals surface area contributed by atoms with E-state index < -0.39 is 5.97 Å². The number of piperidine rings is 1. The Morgan fingerprint density at radius 2 is 1.77 bits per heavy atom. The van der Waals surface area contributed by atoms with Gasteiger partial charge in [0.1, 0.15) is 10.5 Å². The average Bonchev–Trinajstić information content (AvgIpc) is 3.12. The van der Waals surface area contributed by atoms with Gasteiger partial charge in [-0.15, -0.1) is 0 Å². The summed E-state index contributed by atoms with van der Waals surface area (Å²) in [5, 5.41) is 12.5. The van der Waals surface area contributed by atoms with E-state index in [0.29, 0.717) is 16.1 Å². The number of carbonyl (C=O) groups excluding carboxylic acids is 1. The number of carboxylic acids is 1. The number of pyridine rings is 1. The number of hydrogen-bond acceptors (Lipinski definition) is 4. The number of anilines is 1. The van der Waals surface area contributed by atoms with E-state index in [1.165, 1.54) is 32.1 Å². The first-order valence-electron chi connectivity index (χ1n) is 11.5. The molecule has 1 aliphatic heterocycles. The van der Waals surface area contributed by atoms with Crippen molar-refractivity contribution in [3.8, 4) is 0 Å². The van der Waals surface area contributed by atoms with Crippen LogP contribution in [0.15, 0.2) is 12.1 Å². The molecule has 4 saturated carbocycles. The van der Waals surface area contributed by atoms with Crippen LogP contribution in [0.25, 0.3) is 0 Å². The van der Waals surface area contributed by atoms with Crippen LogP contribution in [0.1, 0.15) is 48.9 Å². The van der Waals surface area contributed by atoms with Gasteiger partial charge in [0.05, 0.1) is 11.5 Å². The number of amides is 1. The third-order valence-corrected chi connectivity index (χ3v) is 9.19. The lowest BCUT2D eigenvalue weighted by Crippen LogP contribution is -2.42. The molecule has 5 fully saturated rings. The molecular weight excluding hydrogens is 398 g/mol.